The number of fused-ring (bicyclic) bond motifs is 1. The van der Waals surface area contributed by atoms with E-state index in [1.54, 1.807) is 18.2 Å². The second-order valence-corrected chi connectivity index (χ2v) is 5.32. The predicted molar refractivity (Wildman–Crippen MR) is 95.1 cm³/mol. The summed E-state index contributed by atoms with van der Waals surface area (Å²) in [6, 6.07) is 16.1. The Labute approximate surface area is 147 Å². The smallest absolute Gasteiger partial charge is 0.245 e. The molecule has 26 heavy (non-hydrogen) atoms. The maximum Gasteiger partial charge on any atom is 0.245 e. The molecule has 0 amide bonds. The van der Waals surface area contributed by atoms with E-state index in [9.17, 15) is 5.11 Å². The van der Waals surface area contributed by atoms with Crippen LogP contribution in [0.25, 0.3) is 11.3 Å². The van der Waals surface area contributed by atoms with Crippen molar-refractivity contribution < 1.29 is 9.74 Å². The number of aromatic nitrogens is 4. The zero-order valence-corrected chi connectivity index (χ0v) is 13.4. The quantitative estimate of drug-likeness (QED) is 0.290. The Bertz CT molecular complexity index is 1090. The highest BCUT2D eigenvalue weighted by molar-refractivity contribution is 6.16. The van der Waals surface area contributed by atoms with Gasteiger partial charge in [0.05, 0.1) is 0 Å². The summed E-state index contributed by atoms with van der Waals surface area (Å²) in [6.07, 6.45) is 0. The first-order valence-corrected chi connectivity index (χ1v) is 7.65. The molecule has 0 saturated heterocycles. The molecule has 0 spiro atoms. The number of hydrogen-bond donors (Lipinski definition) is 3. The van der Waals surface area contributed by atoms with Crippen molar-refractivity contribution in [2.45, 2.75) is 0 Å². The molecule has 0 radical (unpaired) electrons. The minimum atomic E-state index is 0.0162. The van der Waals surface area contributed by atoms with Gasteiger partial charge in [0, 0.05) is 11.3 Å². The normalized spacial score (nSPS) is 11.6. The fourth-order valence-corrected chi connectivity index (χ4v) is 2.48. The van der Waals surface area contributed by atoms with Crippen LogP contribution < -0.4 is 11.2 Å². The summed E-state index contributed by atoms with van der Waals surface area (Å²) >= 11 is 0. The van der Waals surface area contributed by atoms with Crippen LogP contribution in [0.1, 0.15) is 11.3 Å². The van der Waals surface area contributed by atoms with Crippen LogP contribution in [0.2, 0.25) is 0 Å². The fraction of sp³-hybridized carbons (Fsp3) is 0. The molecule has 4 aromatic rings. The Kier molecular flexibility index (Phi) is 3.86. The molecule has 0 fully saturated rings. The van der Waals surface area contributed by atoms with Crippen molar-refractivity contribution in [2.75, 3.05) is 5.32 Å². The molecule has 4 rings (SSSR count). The Morgan fingerprint density at radius 1 is 0.962 bits per heavy atom. The monoisotopic (exact) mass is 347 g/mol. The van der Waals surface area contributed by atoms with E-state index in [0.29, 0.717) is 17.1 Å². The number of phenolic OH excluding ortho intramolecular Hbond substituents is 1. The second-order valence-electron chi connectivity index (χ2n) is 5.32. The lowest BCUT2D eigenvalue weighted by atomic mass is 10.1. The molecule has 2 aromatic carbocycles. The Balaban J connectivity index is 1.89. The lowest BCUT2D eigenvalue weighted by Crippen LogP contribution is -2.13. The summed E-state index contributed by atoms with van der Waals surface area (Å²) < 4.78 is 4.69. The summed E-state index contributed by atoms with van der Waals surface area (Å²) in [7, 11) is 0. The van der Waals surface area contributed by atoms with E-state index in [4.69, 9.17) is 10.5 Å². The SMILES string of the molecule is N/N=C(\c1ccccc1O)c1nc2nonc2nc1Nc1ccccc1. The van der Waals surface area contributed by atoms with Crippen LogP contribution in [0.4, 0.5) is 11.5 Å². The highest BCUT2D eigenvalue weighted by Crippen LogP contribution is 2.26. The van der Waals surface area contributed by atoms with Gasteiger partial charge in [0.1, 0.15) is 17.2 Å². The highest BCUT2D eigenvalue weighted by Gasteiger charge is 2.21. The lowest BCUT2D eigenvalue weighted by Gasteiger charge is -2.12. The van der Waals surface area contributed by atoms with Crippen molar-refractivity contribution in [3.05, 3.63) is 65.9 Å². The first kappa shape index (κ1) is 15.5. The zero-order chi connectivity index (χ0) is 17.9. The Hall–Kier alpha value is -4.01. The Morgan fingerprint density at radius 3 is 2.38 bits per heavy atom. The number of aromatic hydroxyl groups is 1. The third-order valence-corrected chi connectivity index (χ3v) is 3.66. The van der Waals surface area contributed by atoms with Crippen LogP contribution in [-0.2, 0) is 0 Å². The maximum atomic E-state index is 10.2. The number of nitrogens with two attached hydrogens (primary N) is 1. The van der Waals surface area contributed by atoms with Crippen molar-refractivity contribution in [2.24, 2.45) is 10.9 Å². The van der Waals surface area contributed by atoms with E-state index in [0.717, 1.165) is 5.69 Å². The van der Waals surface area contributed by atoms with Crippen LogP contribution in [0.15, 0.2) is 64.3 Å². The first-order valence-electron chi connectivity index (χ1n) is 7.65. The van der Waals surface area contributed by atoms with Crippen molar-refractivity contribution >= 4 is 28.5 Å². The van der Waals surface area contributed by atoms with E-state index in [1.165, 1.54) is 6.07 Å². The minimum Gasteiger partial charge on any atom is -0.507 e. The third kappa shape index (κ3) is 2.77. The molecule has 0 saturated carbocycles. The average molecular weight is 347 g/mol. The second kappa shape index (κ2) is 6.48. The summed E-state index contributed by atoms with van der Waals surface area (Å²) in [5, 5.41) is 24.6. The van der Waals surface area contributed by atoms with Crippen LogP contribution in [0.3, 0.4) is 0 Å². The largest absolute Gasteiger partial charge is 0.507 e. The van der Waals surface area contributed by atoms with Crippen LogP contribution in [0, 0.1) is 0 Å². The summed E-state index contributed by atoms with van der Waals surface area (Å²) in [4.78, 5) is 8.80. The van der Waals surface area contributed by atoms with E-state index in [2.05, 4.69) is 30.7 Å². The number of benzene rings is 2. The molecule has 2 aromatic heterocycles. The third-order valence-electron chi connectivity index (χ3n) is 3.66. The van der Waals surface area contributed by atoms with Crippen molar-refractivity contribution in [1.29, 1.82) is 0 Å². The van der Waals surface area contributed by atoms with Gasteiger partial charge in [0.15, 0.2) is 5.82 Å². The van der Waals surface area contributed by atoms with Gasteiger partial charge in [-0.05, 0) is 34.6 Å². The average Bonchev–Trinajstić information content (AvgIpc) is 3.12. The molecule has 0 bridgehead atoms. The maximum absolute atomic E-state index is 10.2. The molecule has 128 valence electrons. The number of nitrogens with zero attached hydrogens (tertiary/aromatic N) is 5. The number of phenols is 1. The zero-order valence-electron chi connectivity index (χ0n) is 13.4. The summed E-state index contributed by atoms with van der Waals surface area (Å²) in [5.74, 6) is 5.98. The van der Waals surface area contributed by atoms with Gasteiger partial charge in [0.25, 0.3) is 0 Å². The minimum absolute atomic E-state index is 0.0162. The van der Waals surface area contributed by atoms with Gasteiger partial charge in [-0.3, -0.25) is 0 Å². The fourth-order valence-electron chi connectivity index (χ4n) is 2.48. The van der Waals surface area contributed by atoms with E-state index in [-0.39, 0.29) is 22.8 Å². The number of nitrogens with one attached hydrogen (secondary N) is 1. The Morgan fingerprint density at radius 2 is 1.65 bits per heavy atom. The molecule has 4 N–H and O–H groups in total. The number of para-hydroxylation sites is 2. The summed E-state index contributed by atoms with van der Waals surface area (Å²) in [5.41, 5.74) is 2.19. The molecule has 0 aliphatic carbocycles. The van der Waals surface area contributed by atoms with Gasteiger partial charge < -0.3 is 16.3 Å². The molecule has 2 heterocycles. The van der Waals surface area contributed by atoms with Crippen LogP contribution >= 0.6 is 0 Å². The van der Waals surface area contributed by atoms with Gasteiger partial charge in [-0.2, -0.15) is 5.10 Å². The van der Waals surface area contributed by atoms with Crippen molar-refractivity contribution in [1.82, 2.24) is 20.3 Å². The highest BCUT2D eigenvalue weighted by atomic mass is 16.6. The van der Waals surface area contributed by atoms with Gasteiger partial charge in [0.2, 0.25) is 11.3 Å². The topological polar surface area (TPSA) is 135 Å². The molecule has 0 aliphatic rings. The molecule has 9 nitrogen and oxygen atoms in total. The molecule has 0 atom stereocenters. The lowest BCUT2D eigenvalue weighted by molar-refractivity contribution is 0.314. The first-order chi connectivity index (χ1) is 12.8. The van der Waals surface area contributed by atoms with E-state index in [1.807, 2.05) is 30.3 Å². The van der Waals surface area contributed by atoms with Gasteiger partial charge >= 0.3 is 0 Å². The molecule has 0 aliphatic heterocycles. The summed E-state index contributed by atoms with van der Waals surface area (Å²) in [6.45, 7) is 0. The van der Waals surface area contributed by atoms with E-state index >= 15 is 0 Å². The van der Waals surface area contributed by atoms with Gasteiger partial charge in [-0.1, -0.05) is 30.3 Å². The number of rotatable bonds is 4. The van der Waals surface area contributed by atoms with E-state index < -0.39 is 0 Å². The van der Waals surface area contributed by atoms with Gasteiger partial charge in [-0.25, -0.2) is 14.6 Å². The molecule has 0 unspecified atom stereocenters. The van der Waals surface area contributed by atoms with Crippen molar-refractivity contribution in [3.63, 3.8) is 0 Å². The number of hydrogen-bond acceptors (Lipinski definition) is 9. The standard InChI is InChI=1S/C17H13N7O2/c18-22-13(11-8-4-5-9-12(11)25)14-15(19-10-6-2-1-3-7-10)21-17-16(20-14)23-26-24-17/h1-9,25H,18H2,(H,19,21,24)/b22-13+. The van der Waals surface area contributed by atoms with Crippen LogP contribution in [-0.4, -0.2) is 31.1 Å². The predicted octanol–water partition coefficient (Wildman–Crippen LogP) is 2.17. The molecular weight excluding hydrogens is 334 g/mol. The molecular formula is C17H13N7O2. The van der Waals surface area contributed by atoms with Crippen LogP contribution in [0.5, 0.6) is 5.75 Å². The number of anilines is 2. The van der Waals surface area contributed by atoms with Gasteiger partial charge in [-0.15, -0.1) is 0 Å². The molecule has 9 heteroatoms. The number of hydrazone groups is 1. The van der Waals surface area contributed by atoms with Crippen molar-refractivity contribution in [3.8, 4) is 5.75 Å².